The second-order valence-corrected chi connectivity index (χ2v) is 3.00. The molecular weight excluding hydrogens is 368 g/mol. The summed E-state index contributed by atoms with van der Waals surface area (Å²) >= 11 is 0. The molecule has 0 aliphatic rings. The Balaban J connectivity index is 0.000000853. The van der Waals surface area contributed by atoms with E-state index in [9.17, 15) is 0 Å². The van der Waals surface area contributed by atoms with E-state index in [1.165, 1.54) is 0 Å². The van der Waals surface area contributed by atoms with Gasteiger partial charge in [0.2, 0.25) is 0 Å². The van der Waals surface area contributed by atoms with Crippen molar-refractivity contribution in [2.45, 2.75) is 0 Å². The molecule has 0 N–H and O–H groups in total. The largest absolute Gasteiger partial charge is 0.491 e. The first-order valence-corrected chi connectivity index (χ1v) is 4.33. The van der Waals surface area contributed by atoms with Crippen molar-refractivity contribution >= 4 is 11.0 Å². The number of benzene rings is 1. The van der Waals surface area contributed by atoms with Crippen molar-refractivity contribution in [1.82, 2.24) is 9.78 Å². The zero-order chi connectivity index (χ0) is 9.38. The standard InChI is InChI=1S/C11H7N2O.Ir/c1-5-12-13(6-1)10-3-2-9-4-7-14-11(9)8-10;/h1-7H;/q-1;. The van der Waals surface area contributed by atoms with Gasteiger partial charge in [-0.15, -0.1) is 12.1 Å². The van der Waals surface area contributed by atoms with Crippen LogP contribution in [0.4, 0.5) is 0 Å². The number of rotatable bonds is 1. The van der Waals surface area contributed by atoms with Gasteiger partial charge < -0.3 is 4.42 Å². The fraction of sp³-hybridized carbons (Fsp3) is 0. The molecule has 1 aromatic carbocycles. The average molecular weight is 375 g/mol. The Morgan fingerprint density at radius 3 is 3.00 bits per heavy atom. The van der Waals surface area contributed by atoms with Crippen LogP contribution in [0, 0.1) is 6.07 Å². The summed E-state index contributed by atoms with van der Waals surface area (Å²) in [5, 5.41) is 5.18. The maximum atomic E-state index is 5.26. The van der Waals surface area contributed by atoms with E-state index in [1.807, 2.05) is 30.5 Å². The van der Waals surface area contributed by atoms with Crippen LogP contribution < -0.4 is 0 Å². The van der Waals surface area contributed by atoms with Gasteiger partial charge in [-0.2, -0.15) is 11.2 Å². The molecule has 0 aliphatic heterocycles. The van der Waals surface area contributed by atoms with Gasteiger partial charge in [0.25, 0.3) is 0 Å². The van der Waals surface area contributed by atoms with Gasteiger partial charge >= 0.3 is 0 Å². The van der Waals surface area contributed by atoms with E-state index in [4.69, 9.17) is 4.42 Å². The summed E-state index contributed by atoms with van der Waals surface area (Å²) in [5.74, 6) is 0. The van der Waals surface area contributed by atoms with Crippen LogP contribution in [0.1, 0.15) is 0 Å². The molecule has 3 nitrogen and oxygen atoms in total. The molecule has 3 rings (SSSR count). The molecule has 0 bridgehead atoms. The quantitative estimate of drug-likeness (QED) is 0.612. The van der Waals surface area contributed by atoms with Crippen molar-refractivity contribution in [3.63, 3.8) is 0 Å². The molecule has 0 spiro atoms. The molecule has 0 aliphatic carbocycles. The van der Waals surface area contributed by atoms with E-state index in [1.54, 1.807) is 17.1 Å². The number of nitrogens with zero attached hydrogens (tertiary/aromatic N) is 2. The van der Waals surface area contributed by atoms with Gasteiger partial charge in [-0.05, 0) is 11.8 Å². The van der Waals surface area contributed by atoms with E-state index in [0.717, 1.165) is 16.7 Å². The summed E-state index contributed by atoms with van der Waals surface area (Å²) in [6.07, 6.45) is 5.27. The van der Waals surface area contributed by atoms with Crippen LogP contribution in [-0.4, -0.2) is 9.78 Å². The summed E-state index contributed by atoms with van der Waals surface area (Å²) in [6.45, 7) is 0. The molecule has 0 fully saturated rings. The first kappa shape index (κ1) is 10.1. The SMILES string of the molecule is [Ir].[c-]1c(-n2cccn2)ccc2ccoc12. The number of furan rings is 1. The molecule has 0 unspecified atom stereocenters. The van der Waals surface area contributed by atoms with Crippen LogP contribution in [-0.2, 0) is 20.1 Å². The Hall–Kier alpha value is -1.38. The van der Waals surface area contributed by atoms with Gasteiger partial charge in [0.15, 0.2) is 0 Å². The number of hydrogen-bond donors (Lipinski definition) is 0. The van der Waals surface area contributed by atoms with Gasteiger partial charge in [-0.1, -0.05) is 11.5 Å². The van der Waals surface area contributed by atoms with Gasteiger partial charge in [-0.3, -0.25) is 4.68 Å². The van der Waals surface area contributed by atoms with E-state index in [0.29, 0.717) is 0 Å². The molecule has 1 radical (unpaired) electrons. The number of fused-ring (bicyclic) bond motifs is 1. The molecule has 3 aromatic rings. The van der Waals surface area contributed by atoms with Gasteiger partial charge in [0.1, 0.15) is 0 Å². The van der Waals surface area contributed by atoms with Gasteiger partial charge in [0.05, 0.1) is 6.26 Å². The third-order valence-corrected chi connectivity index (χ3v) is 2.11. The smallest absolute Gasteiger partial charge is 0.0764 e. The molecule has 15 heavy (non-hydrogen) atoms. The number of hydrogen-bond acceptors (Lipinski definition) is 2. The third-order valence-electron chi connectivity index (χ3n) is 2.11. The van der Waals surface area contributed by atoms with Gasteiger partial charge in [0, 0.05) is 38.1 Å². The monoisotopic (exact) mass is 376 g/mol. The Morgan fingerprint density at radius 2 is 2.20 bits per heavy atom. The molecule has 0 atom stereocenters. The van der Waals surface area contributed by atoms with Gasteiger partial charge in [-0.25, -0.2) is 0 Å². The fourth-order valence-corrected chi connectivity index (χ4v) is 1.42. The van der Waals surface area contributed by atoms with E-state index in [-0.39, 0.29) is 20.1 Å². The van der Waals surface area contributed by atoms with E-state index in [2.05, 4.69) is 11.2 Å². The van der Waals surface area contributed by atoms with Crippen LogP contribution in [0.25, 0.3) is 16.7 Å². The van der Waals surface area contributed by atoms with Crippen LogP contribution in [0.15, 0.2) is 47.3 Å². The Kier molecular flexibility index (Phi) is 2.71. The maximum Gasteiger partial charge on any atom is 0.0764 e. The summed E-state index contributed by atoms with van der Waals surface area (Å²) in [4.78, 5) is 0. The second kappa shape index (κ2) is 4.01. The normalized spacial score (nSPS) is 10.1. The number of aromatic nitrogens is 2. The zero-order valence-electron chi connectivity index (χ0n) is 7.68. The summed E-state index contributed by atoms with van der Waals surface area (Å²) in [6, 6.07) is 10.9. The minimum absolute atomic E-state index is 0. The Bertz CT molecular complexity index is 557. The summed E-state index contributed by atoms with van der Waals surface area (Å²) in [5.41, 5.74) is 1.65. The topological polar surface area (TPSA) is 31.0 Å². The van der Waals surface area contributed by atoms with Crippen LogP contribution in [0.2, 0.25) is 0 Å². The molecule has 4 heteroatoms. The fourth-order valence-electron chi connectivity index (χ4n) is 1.42. The minimum Gasteiger partial charge on any atom is -0.491 e. The van der Waals surface area contributed by atoms with Crippen molar-refractivity contribution in [3.05, 3.63) is 49.0 Å². The summed E-state index contributed by atoms with van der Waals surface area (Å²) in [7, 11) is 0. The molecule has 0 saturated carbocycles. The van der Waals surface area contributed by atoms with E-state index < -0.39 is 0 Å². The molecule has 2 aromatic heterocycles. The van der Waals surface area contributed by atoms with Crippen LogP contribution in [0.5, 0.6) is 0 Å². The van der Waals surface area contributed by atoms with Crippen LogP contribution in [0.3, 0.4) is 0 Å². The average Bonchev–Trinajstić information content (AvgIpc) is 2.88. The van der Waals surface area contributed by atoms with Crippen molar-refractivity contribution < 1.29 is 24.5 Å². The van der Waals surface area contributed by atoms with Crippen molar-refractivity contribution in [2.24, 2.45) is 0 Å². The van der Waals surface area contributed by atoms with E-state index >= 15 is 0 Å². The first-order valence-electron chi connectivity index (χ1n) is 4.33. The van der Waals surface area contributed by atoms with Crippen molar-refractivity contribution in [3.8, 4) is 5.69 Å². The molecular formula is C11H7IrN2O-. The molecule has 2 heterocycles. The Morgan fingerprint density at radius 1 is 1.27 bits per heavy atom. The van der Waals surface area contributed by atoms with Crippen molar-refractivity contribution in [1.29, 1.82) is 0 Å². The predicted molar refractivity (Wildman–Crippen MR) is 52.2 cm³/mol. The Labute approximate surface area is 100 Å². The first-order chi connectivity index (χ1) is 6.93. The summed E-state index contributed by atoms with van der Waals surface area (Å²) < 4.78 is 7.01. The zero-order valence-corrected chi connectivity index (χ0v) is 10.1. The predicted octanol–water partition coefficient (Wildman–Crippen LogP) is 2.42. The van der Waals surface area contributed by atoms with Crippen LogP contribution >= 0.6 is 0 Å². The van der Waals surface area contributed by atoms with Crippen molar-refractivity contribution in [2.75, 3.05) is 0 Å². The second-order valence-electron chi connectivity index (χ2n) is 3.00. The minimum atomic E-state index is 0. The molecule has 0 saturated heterocycles. The maximum absolute atomic E-state index is 5.26. The molecule has 77 valence electrons. The molecule has 0 amide bonds. The third kappa shape index (κ3) is 1.74.